The highest BCUT2D eigenvalue weighted by Crippen LogP contribution is 2.47. The maximum absolute atomic E-state index is 14.8. The lowest BCUT2D eigenvalue weighted by molar-refractivity contribution is -0.299. The Bertz CT molecular complexity index is 1670. The number of hydrogen-bond donors (Lipinski definition) is 2. The molecule has 0 saturated heterocycles. The summed E-state index contributed by atoms with van der Waals surface area (Å²) in [5.74, 6) is -1.83. The Morgan fingerprint density at radius 2 is 1.64 bits per heavy atom. The second-order valence-electron chi connectivity index (χ2n) is 9.70. The summed E-state index contributed by atoms with van der Waals surface area (Å²) >= 11 is 0. The molecule has 0 aliphatic rings. The van der Waals surface area contributed by atoms with E-state index < -0.39 is 71.5 Å². The summed E-state index contributed by atoms with van der Waals surface area (Å²) in [4.78, 5) is 15.6. The average Bonchev–Trinajstić information content (AvgIpc) is 3.47. The van der Waals surface area contributed by atoms with Gasteiger partial charge in [-0.2, -0.15) is 26.3 Å². The number of pyridine rings is 1. The zero-order valence-electron chi connectivity index (χ0n) is 23.5. The molecule has 1 unspecified atom stereocenters. The molecule has 8 nitrogen and oxygen atoms in total. The number of rotatable bonds is 12. The Morgan fingerprint density at radius 1 is 0.956 bits per heavy atom. The van der Waals surface area contributed by atoms with Gasteiger partial charge in [0, 0.05) is 5.56 Å². The molecule has 2 N–H and O–H groups in total. The quantitative estimate of drug-likeness (QED) is 0.119. The van der Waals surface area contributed by atoms with Crippen LogP contribution in [0.4, 0.5) is 36.8 Å². The number of aromatic nitrogens is 3. The SMILES string of the molecule is C=CCCC(OCc1ccccc1)(c1nnc(-c2nc(-c3ccccc3CC=C)c(C(F)(F)F)cc2NC(=O)O)o1)C(F)(F)F. The van der Waals surface area contributed by atoms with Crippen molar-refractivity contribution in [3.8, 4) is 22.8 Å². The fourth-order valence-electron chi connectivity index (χ4n) is 4.55. The number of benzene rings is 2. The maximum atomic E-state index is 14.8. The molecule has 2 aromatic heterocycles. The number of alkyl halides is 6. The zero-order chi connectivity index (χ0) is 32.8. The molecule has 4 rings (SSSR count). The normalized spacial score (nSPS) is 13.2. The fourth-order valence-corrected chi connectivity index (χ4v) is 4.55. The lowest BCUT2D eigenvalue weighted by Crippen LogP contribution is -2.45. The van der Waals surface area contributed by atoms with Gasteiger partial charge >= 0.3 is 18.4 Å². The monoisotopic (exact) mass is 632 g/mol. The molecule has 14 heteroatoms. The molecule has 0 spiro atoms. The first-order valence-electron chi connectivity index (χ1n) is 13.3. The predicted molar refractivity (Wildman–Crippen MR) is 152 cm³/mol. The topological polar surface area (TPSA) is 110 Å². The van der Waals surface area contributed by atoms with E-state index in [2.05, 4.69) is 28.3 Å². The van der Waals surface area contributed by atoms with Crippen LogP contribution in [0.25, 0.3) is 22.8 Å². The molecule has 1 amide bonds. The van der Waals surface area contributed by atoms with Crippen molar-refractivity contribution in [1.82, 2.24) is 15.2 Å². The number of amides is 1. The molecule has 0 aliphatic heterocycles. The Hall–Kier alpha value is -4.98. The summed E-state index contributed by atoms with van der Waals surface area (Å²) in [5.41, 5.74) is -5.66. The van der Waals surface area contributed by atoms with Gasteiger partial charge in [0.15, 0.2) is 5.69 Å². The van der Waals surface area contributed by atoms with Gasteiger partial charge in [-0.3, -0.25) is 5.32 Å². The first-order chi connectivity index (χ1) is 21.3. The summed E-state index contributed by atoms with van der Waals surface area (Å²) in [6.07, 6.45) is -9.96. The van der Waals surface area contributed by atoms with Crippen LogP contribution in [0.5, 0.6) is 0 Å². The molecule has 2 aromatic carbocycles. The molecule has 0 bridgehead atoms. The van der Waals surface area contributed by atoms with Crippen LogP contribution in [0.2, 0.25) is 0 Å². The molecular weight excluding hydrogens is 606 g/mol. The van der Waals surface area contributed by atoms with Crippen molar-refractivity contribution in [2.45, 2.75) is 43.8 Å². The van der Waals surface area contributed by atoms with E-state index in [9.17, 15) is 36.2 Å². The zero-order valence-corrected chi connectivity index (χ0v) is 23.5. The van der Waals surface area contributed by atoms with Gasteiger partial charge in [-0.05, 0) is 36.5 Å². The smallest absolute Gasteiger partial charge is 0.426 e. The summed E-state index contributed by atoms with van der Waals surface area (Å²) in [6, 6.07) is 14.5. The van der Waals surface area contributed by atoms with E-state index in [1.807, 2.05) is 0 Å². The van der Waals surface area contributed by atoms with E-state index in [0.717, 1.165) is 0 Å². The highest BCUT2D eigenvalue weighted by Gasteiger charge is 2.61. The Morgan fingerprint density at radius 3 is 2.27 bits per heavy atom. The number of ether oxygens (including phenoxy) is 1. The lowest BCUT2D eigenvalue weighted by Gasteiger charge is -2.32. The van der Waals surface area contributed by atoms with Gasteiger partial charge in [0.1, 0.15) is 0 Å². The molecular formula is C31H26F6N4O4. The Balaban J connectivity index is 1.94. The Labute approximate surface area is 253 Å². The molecule has 0 aliphatic carbocycles. The number of nitrogens with one attached hydrogen (secondary N) is 1. The van der Waals surface area contributed by atoms with Crippen molar-refractivity contribution >= 4 is 11.8 Å². The number of halogens is 6. The number of carboxylic acid groups (broad SMARTS) is 1. The predicted octanol–water partition coefficient (Wildman–Crippen LogP) is 8.58. The van der Waals surface area contributed by atoms with Gasteiger partial charge in [-0.25, -0.2) is 9.78 Å². The van der Waals surface area contributed by atoms with Crippen LogP contribution in [0.3, 0.4) is 0 Å². The third-order valence-corrected chi connectivity index (χ3v) is 6.67. The van der Waals surface area contributed by atoms with Crippen molar-refractivity contribution in [2.75, 3.05) is 5.32 Å². The van der Waals surface area contributed by atoms with Crippen molar-refractivity contribution < 1.29 is 45.4 Å². The van der Waals surface area contributed by atoms with Crippen molar-refractivity contribution in [1.29, 1.82) is 0 Å². The van der Waals surface area contributed by atoms with E-state index in [-0.39, 0.29) is 18.4 Å². The van der Waals surface area contributed by atoms with E-state index >= 15 is 0 Å². The largest absolute Gasteiger partial charge is 0.465 e. The standard InChI is InChI=1S/C31H26F6N4O4/c1-3-5-16-29(31(35,36)37,44-18-19-12-7-6-8-13-19)27-41-40-26(45-27)25-23(38-28(42)43)17-22(30(32,33)34)24(39-25)21-15-10-9-14-20(21)11-4-2/h3-4,6-10,12-15,17,38H,1-2,5,11,16,18H2,(H,42,43). The number of allylic oxidation sites excluding steroid dienone is 2. The summed E-state index contributed by atoms with van der Waals surface area (Å²) in [5, 5.41) is 18.4. The first kappa shape index (κ1) is 32.9. The second kappa shape index (κ2) is 13.3. The summed E-state index contributed by atoms with van der Waals surface area (Å²) in [6.45, 7) is 6.58. The fraction of sp³-hybridized carbons (Fsp3) is 0.226. The van der Waals surface area contributed by atoms with E-state index in [0.29, 0.717) is 17.2 Å². The number of hydrogen-bond acceptors (Lipinski definition) is 6. The number of anilines is 1. The summed E-state index contributed by atoms with van der Waals surface area (Å²) < 4.78 is 98.3. The van der Waals surface area contributed by atoms with Crippen LogP contribution >= 0.6 is 0 Å². The summed E-state index contributed by atoms with van der Waals surface area (Å²) in [7, 11) is 0. The molecule has 45 heavy (non-hydrogen) atoms. The van der Waals surface area contributed by atoms with Crippen LogP contribution in [0, 0.1) is 0 Å². The number of nitrogens with zero attached hydrogens (tertiary/aromatic N) is 3. The lowest BCUT2D eigenvalue weighted by atomic mass is 9.96. The molecule has 236 valence electrons. The van der Waals surface area contributed by atoms with E-state index in [4.69, 9.17) is 9.15 Å². The Kier molecular flexibility index (Phi) is 9.76. The van der Waals surface area contributed by atoms with Crippen LogP contribution in [-0.4, -0.2) is 32.6 Å². The first-order valence-corrected chi connectivity index (χ1v) is 13.3. The van der Waals surface area contributed by atoms with Crippen LogP contribution in [0.15, 0.2) is 90.4 Å². The minimum atomic E-state index is -5.11. The van der Waals surface area contributed by atoms with Crippen molar-refractivity contribution in [2.24, 2.45) is 0 Å². The van der Waals surface area contributed by atoms with Gasteiger partial charge in [0.25, 0.3) is 11.8 Å². The van der Waals surface area contributed by atoms with Crippen LogP contribution in [-0.2, 0) is 29.5 Å². The van der Waals surface area contributed by atoms with Crippen LogP contribution in [0.1, 0.15) is 35.4 Å². The van der Waals surface area contributed by atoms with Crippen molar-refractivity contribution in [3.05, 3.63) is 109 Å². The average molecular weight is 633 g/mol. The highest BCUT2D eigenvalue weighted by molar-refractivity contribution is 5.89. The molecule has 2 heterocycles. The van der Waals surface area contributed by atoms with Crippen LogP contribution < -0.4 is 5.32 Å². The van der Waals surface area contributed by atoms with Gasteiger partial charge in [0.2, 0.25) is 5.60 Å². The molecule has 1 atom stereocenters. The van der Waals surface area contributed by atoms with Gasteiger partial charge < -0.3 is 14.3 Å². The molecule has 0 saturated carbocycles. The van der Waals surface area contributed by atoms with E-state index in [1.54, 1.807) is 47.8 Å². The highest BCUT2D eigenvalue weighted by atomic mass is 19.4. The molecule has 4 aromatic rings. The molecule has 0 radical (unpaired) electrons. The minimum Gasteiger partial charge on any atom is -0.465 e. The van der Waals surface area contributed by atoms with E-state index in [1.165, 1.54) is 24.3 Å². The number of carbonyl (C=O) groups is 1. The second-order valence-corrected chi connectivity index (χ2v) is 9.70. The maximum Gasteiger partial charge on any atom is 0.426 e. The third-order valence-electron chi connectivity index (χ3n) is 6.67. The minimum absolute atomic E-state index is 0.0226. The van der Waals surface area contributed by atoms with Gasteiger partial charge in [0.05, 0.1) is 23.6 Å². The molecule has 0 fully saturated rings. The van der Waals surface area contributed by atoms with Crippen molar-refractivity contribution in [3.63, 3.8) is 0 Å². The third kappa shape index (κ3) is 7.23. The van der Waals surface area contributed by atoms with Gasteiger partial charge in [-0.1, -0.05) is 66.7 Å². The van der Waals surface area contributed by atoms with Gasteiger partial charge in [-0.15, -0.1) is 23.4 Å².